The van der Waals surface area contributed by atoms with Crippen molar-refractivity contribution < 1.29 is 9.84 Å². The number of hydrogen-bond donors (Lipinski definition) is 2. The van der Waals surface area contributed by atoms with Crippen LogP contribution in [0, 0.1) is 18.3 Å². The van der Waals surface area contributed by atoms with E-state index in [0.29, 0.717) is 25.2 Å². The molecule has 1 saturated carbocycles. The predicted octanol–water partition coefficient (Wildman–Crippen LogP) is 1.90. The van der Waals surface area contributed by atoms with Crippen LogP contribution < -0.4 is 5.32 Å². The lowest BCUT2D eigenvalue weighted by Gasteiger charge is -2.29. The van der Waals surface area contributed by atoms with Crippen LogP contribution in [-0.2, 0) is 4.74 Å². The van der Waals surface area contributed by atoms with E-state index in [0.717, 1.165) is 24.5 Å². The standard InChI is InChI=1S/C15H27NO2S/c1-3-9-19-10-8-16-11-14(17)12-18-15-7-5-4-6-13(15)2/h1,13-17H,4-12H2,2H3. The first kappa shape index (κ1) is 16.8. The van der Waals surface area contributed by atoms with Gasteiger partial charge in [-0.25, -0.2) is 0 Å². The first-order valence-corrected chi connectivity index (χ1v) is 8.41. The maximum Gasteiger partial charge on any atom is 0.0897 e. The second kappa shape index (κ2) is 10.6. The number of ether oxygens (including phenoxy) is 1. The summed E-state index contributed by atoms with van der Waals surface area (Å²) in [4.78, 5) is 0. The van der Waals surface area contributed by atoms with Gasteiger partial charge in [0, 0.05) is 18.8 Å². The molecule has 2 N–H and O–H groups in total. The molecule has 110 valence electrons. The van der Waals surface area contributed by atoms with Crippen LogP contribution in [0.3, 0.4) is 0 Å². The summed E-state index contributed by atoms with van der Waals surface area (Å²) in [5.41, 5.74) is 0. The summed E-state index contributed by atoms with van der Waals surface area (Å²) in [5.74, 6) is 4.97. The van der Waals surface area contributed by atoms with E-state index in [9.17, 15) is 5.11 Å². The van der Waals surface area contributed by atoms with Gasteiger partial charge in [0.1, 0.15) is 0 Å². The molecule has 0 aromatic heterocycles. The molecule has 0 spiro atoms. The molecule has 1 rings (SSSR count). The zero-order valence-corrected chi connectivity index (χ0v) is 12.8. The molecule has 0 amide bonds. The summed E-state index contributed by atoms with van der Waals surface area (Å²) in [5, 5.41) is 13.1. The third-order valence-electron chi connectivity index (χ3n) is 3.52. The smallest absolute Gasteiger partial charge is 0.0897 e. The molecule has 0 aromatic rings. The van der Waals surface area contributed by atoms with Gasteiger partial charge in [-0.15, -0.1) is 18.2 Å². The van der Waals surface area contributed by atoms with Crippen molar-refractivity contribution in [2.75, 3.05) is 31.2 Å². The van der Waals surface area contributed by atoms with Crippen LogP contribution in [0.15, 0.2) is 0 Å². The van der Waals surface area contributed by atoms with Crippen LogP contribution in [0.5, 0.6) is 0 Å². The van der Waals surface area contributed by atoms with E-state index < -0.39 is 6.10 Å². The average molecular weight is 285 g/mol. The molecular weight excluding hydrogens is 258 g/mol. The Balaban J connectivity index is 1.98. The monoisotopic (exact) mass is 285 g/mol. The van der Waals surface area contributed by atoms with Crippen molar-refractivity contribution in [3.05, 3.63) is 0 Å². The van der Waals surface area contributed by atoms with Gasteiger partial charge in [0.2, 0.25) is 0 Å². The maximum atomic E-state index is 9.84. The second-order valence-electron chi connectivity index (χ2n) is 5.25. The molecule has 0 saturated heterocycles. The number of terminal acetylenes is 1. The van der Waals surface area contributed by atoms with Gasteiger partial charge in [0.15, 0.2) is 0 Å². The van der Waals surface area contributed by atoms with Crippen molar-refractivity contribution >= 4 is 11.8 Å². The highest BCUT2D eigenvalue weighted by Gasteiger charge is 2.22. The molecule has 3 nitrogen and oxygen atoms in total. The van der Waals surface area contributed by atoms with E-state index >= 15 is 0 Å². The second-order valence-corrected chi connectivity index (χ2v) is 6.35. The summed E-state index contributed by atoms with van der Waals surface area (Å²) in [7, 11) is 0. The first-order valence-electron chi connectivity index (χ1n) is 7.25. The minimum Gasteiger partial charge on any atom is -0.389 e. The van der Waals surface area contributed by atoms with E-state index in [1.165, 1.54) is 19.3 Å². The Morgan fingerprint density at radius 3 is 3.00 bits per heavy atom. The summed E-state index contributed by atoms with van der Waals surface area (Å²) in [6.07, 6.45) is 10.1. The molecule has 0 bridgehead atoms. The highest BCUT2D eigenvalue weighted by Crippen LogP contribution is 2.26. The van der Waals surface area contributed by atoms with Crippen molar-refractivity contribution in [1.82, 2.24) is 5.32 Å². The van der Waals surface area contributed by atoms with E-state index in [2.05, 4.69) is 18.2 Å². The van der Waals surface area contributed by atoms with Crippen LogP contribution >= 0.6 is 11.8 Å². The van der Waals surface area contributed by atoms with Gasteiger partial charge >= 0.3 is 0 Å². The van der Waals surface area contributed by atoms with Gasteiger partial charge in [-0.3, -0.25) is 0 Å². The number of thioether (sulfide) groups is 1. The van der Waals surface area contributed by atoms with Gasteiger partial charge in [0.25, 0.3) is 0 Å². The largest absolute Gasteiger partial charge is 0.389 e. The van der Waals surface area contributed by atoms with E-state index in [-0.39, 0.29) is 0 Å². The van der Waals surface area contributed by atoms with Gasteiger partial charge < -0.3 is 15.2 Å². The van der Waals surface area contributed by atoms with E-state index in [1.807, 2.05) is 0 Å². The molecule has 3 atom stereocenters. The molecule has 0 aromatic carbocycles. The Labute approximate surface area is 121 Å². The SMILES string of the molecule is C#CCSCCNCC(O)COC1CCCCC1C. The molecule has 3 unspecified atom stereocenters. The fourth-order valence-corrected chi connectivity index (χ4v) is 2.92. The fraction of sp³-hybridized carbons (Fsp3) is 0.867. The van der Waals surface area contributed by atoms with Crippen LogP contribution in [0.25, 0.3) is 0 Å². The van der Waals surface area contributed by atoms with Gasteiger partial charge in [0.05, 0.1) is 24.6 Å². The number of hydrogen-bond acceptors (Lipinski definition) is 4. The molecule has 0 heterocycles. The molecule has 19 heavy (non-hydrogen) atoms. The molecule has 1 aliphatic carbocycles. The Hall–Kier alpha value is -0.210. The normalized spacial score (nSPS) is 24.9. The van der Waals surface area contributed by atoms with Crippen LogP contribution in [0.4, 0.5) is 0 Å². The number of aliphatic hydroxyl groups is 1. The zero-order chi connectivity index (χ0) is 13.9. The van der Waals surface area contributed by atoms with Crippen molar-refractivity contribution in [2.45, 2.75) is 44.8 Å². The Morgan fingerprint density at radius 1 is 1.47 bits per heavy atom. The highest BCUT2D eigenvalue weighted by atomic mass is 32.2. The van der Waals surface area contributed by atoms with Crippen molar-refractivity contribution in [3.8, 4) is 12.3 Å². The quantitative estimate of drug-likeness (QED) is 0.501. The fourth-order valence-electron chi connectivity index (χ4n) is 2.37. The minimum atomic E-state index is -0.410. The van der Waals surface area contributed by atoms with Gasteiger partial charge in [-0.2, -0.15) is 0 Å². The van der Waals surface area contributed by atoms with E-state index in [1.54, 1.807) is 11.8 Å². The van der Waals surface area contributed by atoms with Crippen molar-refractivity contribution in [1.29, 1.82) is 0 Å². The topological polar surface area (TPSA) is 41.5 Å². The Bertz CT molecular complexity index is 267. The van der Waals surface area contributed by atoms with Crippen LogP contribution in [0.1, 0.15) is 32.6 Å². The third-order valence-corrected chi connectivity index (χ3v) is 4.39. The Kier molecular flexibility index (Phi) is 9.36. The van der Waals surface area contributed by atoms with Crippen molar-refractivity contribution in [2.24, 2.45) is 5.92 Å². The lowest BCUT2D eigenvalue weighted by atomic mass is 9.88. The molecule has 1 fully saturated rings. The summed E-state index contributed by atoms with van der Waals surface area (Å²) in [6, 6.07) is 0. The van der Waals surface area contributed by atoms with Gasteiger partial charge in [-0.1, -0.05) is 25.7 Å². The number of rotatable bonds is 9. The lowest BCUT2D eigenvalue weighted by molar-refractivity contribution is -0.0450. The van der Waals surface area contributed by atoms with Crippen LogP contribution in [-0.4, -0.2) is 48.5 Å². The number of aliphatic hydroxyl groups excluding tert-OH is 1. The highest BCUT2D eigenvalue weighted by molar-refractivity contribution is 7.99. The zero-order valence-electron chi connectivity index (χ0n) is 11.9. The average Bonchev–Trinajstić information content (AvgIpc) is 2.42. The van der Waals surface area contributed by atoms with Crippen molar-refractivity contribution in [3.63, 3.8) is 0 Å². The third kappa shape index (κ3) is 7.84. The molecule has 0 aliphatic heterocycles. The first-order chi connectivity index (χ1) is 9.24. The number of nitrogens with one attached hydrogen (secondary N) is 1. The van der Waals surface area contributed by atoms with Crippen LogP contribution in [0.2, 0.25) is 0 Å². The lowest BCUT2D eigenvalue weighted by Crippen LogP contribution is -2.35. The van der Waals surface area contributed by atoms with Gasteiger partial charge in [-0.05, 0) is 18.8 Å². The predicted molar refractivity (Wildman–Crippen MR) is 82.4 cm³/mol. The molecule has 4 heteroatoms. The summed E-state index contributed by atoms with van der Waals surface area (Å²) in [6.45, 7) is 4.16. The molecular formula is C15H27NO2S. The molecule has 0 radical (unpaired) electrons. The summed E-state index contributed by atoms with van der Waals surface area (Å²) < 4.78 is 5.83. The van der Waals surface area contributed by atoms with E-state index in [4.69, 9.17) is 11.2 Å². The summed E-state index contributed by atoms with van der Waals surface area (Å²) >= 11 is 1.73. The minimum absolute atomic E-state index is 0.342. The molecule has 1 aliphatic rings. The Morgan fingerprint density at radius 2 is 2.26 bits per heavy atom. The maximum absolute atomic E-state index is 9.84.